The lowest BCUT2D eigenvalue weighted by Crippen LogP contribution is -2.26. The highest BCUT2D eigenvalue weighted by molar-refractivity contribution is 5.70. The van der Waals surface area contributed by atoms with Crippen LogP contribution in [0.1, 0.15) is 49.3 Å². The van der Waals surface area contributed by atoms with Gasteiger partial charge in [0, 0.05) is 19.2 Å². The van der Waals surface area contributed by atoms with E-state index in [4.69, 9.17) is 4.84 Å². The van der Waals surface area contributed by atoms with E-state index in [0.29, 0.717) is 6.10 Å². The van der Waals surface area contributed by atoms with Crippen molar-refractivity contribution in [3.8, 4) is 0 Å². The first-order valence-corrected chi connectivity index (χ1v) is 9.46. The minimum Gasteiger partial charge on any atom is -0.366 e. The molecule has 2 saturated carbocycles. The molecule has 2 aliphatic carbocycles. The van der Waals surface area contributed by atoms with Gasteiger partial charge in [0.15, 0.2) is 0 Å². The van der Waals surface area contributed by atoms with Crippen LogP contribution < -0.4 is 5.48 Å². The van der Waals surface area contributed by atoms with E-state index in [1.807, 2.05) is 13.4 Å². The van der Waals surface area contributed by atoms with Gasteiger partial charge in [0.2, 0.25) is 0 Å². The molecule has 0 saturated heterocycles. The van der Waals surface area contributed by atoms with E-state index in [-0.39, 0.29) is 0 Å². The topological polar surface area (TPSA) is 36.9 Å². The summed E-state index contributed by atoms with van der Waals surface area (Å²) < 4.78 is 0. The Labute approximate surface area is 151 Å². The number of rotatable bonds is 9. The average molecular weight is 341 g/mol. The van der Waals surface area contributed by atoms with Crippen LogP contribution >= 0.6 is 0 Å². The van der Waals surface area contributed by atoms with Gasteiger partial charge in [-0.3, -0.25) is 10.3 Å². The molecule has 0 heterocycles. The van der Waals surface area contributed by atoms with E-state index >= 15 is 0 Å². The Kier molecular flexibility index (Phi) is 5.48. The fraction of sp³-hybridized carbons (Fsp3) is 0.571. The quantitative estimate of drug-likeness (QED) is 0.405. The van der Waals surface area contributed by atoms with Crippen molar-refractivity contribution in [3.05, 3.63) is 35.4 Å². The molecule has 25 heavy (non-hydrogen) atoms. The lowest BCUT2D eigenvalue weighted by atomic mass is 10.0. The molecule has 1 N–H and O–H groups in total. The Morgan fingerprint density at radius 2 is 1.92 bits per heavy atom. The number of hydrogen-bond acceptors (Lipinski definition) is 3. The van der Waals surface area contributed by atoms with Gasteiger partial charge in [-0.2, -0.15) is 0 Å². The van der Waals surface area contributed by atoms with Gasteiger partial charge in [0.05, 0.1) is 23.8 Å². The second kappa shape index (κ2) is 7.61. The van der Waals surface area contributed by atoms with E-state index in [2.05, 4.69) is 54.9 Å². The summed E-state index contributed by atoms with van der Waals surface area (Å²) in [6, 6.07) is 4.27. The highest BCUT2D eigenvalue weighted by atomic mass is 16.7. The van der Waals surface area contributed by atoms with Gasteiger partial charge in [-0.25, -0.2) is 4.99 Å². The van der Waals surface area contributed by atoms with E-state index in [1.54, 1.807) is 0 Å². The largest absolute Gasteiger partial charge is 0.366 e. The van der Waals surface area contributed by atoms with Crippen molar-refractivity contribution in [2.24, 2.45) is 16.8 Å². The van der Waals surface area contributed by atoms with Crippen LogP contribution in [0.25, 0.3) is 5.70 Å². The molecule has 0 atom stereocenters. The predicted octanol–water partition coefficient (Wildman–Crippen LogP) is 4.60. The van der Waals surface area contributed by atoms with Crippen LogP contribution in [-0.2, 0) is 4.84 Å². The van der Waals surface area contributed by atoms with Crippen LogP contribution in [0.15, 0.2) is 23.7 Å². The summed E-state index contributed by atoms with van der Waals surface area (Å²) >= 11 is 0. The van der Waals surface area contributed by atoms with Crippen molar-refractivity contribution in [2.75, 3.05) is 13.6 Å². The Balaban J connectivity index is 1.65. The van der Waals surface area contributed by atoms with Gasteiger partial charge in [-0.15, -0.1) is 0 Å². The molecule has 2 aliphatic rings. The standard InChI is InChI=1S/C21H31N3O/c1-6-24(5)13-22-20-12-14(2)19(11-15(20)3)16(4)23-25-21(17-7-8-17)18-9-10-18/h11-13,17-18,21,23H,4,6-10H2,1-3,5H3. The first-order valence-electron chi connectivity index (χ1n) is 9.46. The van der Waals surface area contributed by atoms with Gasteiger partial charge in [0.25, 0.3) is 0 Å². The summed E-state index contributed by atoms with van der Waals surface area (Å²) in [6.45, 7) is 11.4. The lowest BCUT2D eigenvalue weighted by Gasteiger charge is -2.20. The second-order valence-corrected chi connectivity index (χ2v) is 7.61. The van der Waals surface area contributed by atoms with Crippen LogP contribution in [0.3, 0.4) is 0 Å². The van der Waals surface area contributed by atoms with Gasteiger partial charge >= 0.3 is 0 Å². The number of hydroxylamine groups is 1. The normalized spacial score (nSPS) is 17.3. The van der Waals surface area contributed by atoms with Crippen LogP contribution in [0.2, 0.25) is 0 Å². The van der Waals surface area contributed by atoms with Crippen LogP contribution in [0, 0.1) is 25.7 Å². The van der Waals surface area contributed by atoms with Gasteiger partial charge in [-0.1, -0.05) is 6.58 Å². The fourth-order valence-corrected chi connectivity index (χ4v) is 3.13. The highest BCUT2D eigenvalue weighted by Crippen LogP contribution is 2.46. The zero-order valence-corrected chi connectivity index (χ0v) is 16.0. The molecule has 1 aromatic carbocycles. The summed E-state index contributed by atoms with van der Waals surface area (Å²) in [6.07, 6.45) is 7.50. The van der Waals surface area contributed by atoms with Crippen molar-refractivity contribution in [1.82, 2.24) is 10.4 Å². The molecule has 2 fully saturated rings. The molecule has 0 bridgehead atoms. The number of nitrogens with zero attached hydrogens (tertiary/aromatic N) is 2. The maximum absolute atomic E-state index is 6.04. The summed E-state index contributed by atoms with van der Waals surface area (Å²) in [7, 11) is 2.03. The van der Waals surface area contributed by atoms with Gasteiger partial charge in [-0.05, 0) is 81.5 Å². The number of aliphatic imine (C=N–C) groups is 1. The number of nitrogens with one attached hydrogen (secondary N) is 1. The third-order valence-corrected chi connectivity index (χ3v) is 5.25. The van der Waals surface area contributed by atoms with Crippen molar-refractivity contribution >= 4 is 17.7 Å². The lowest BCUT2D eigenvalue weighted by molar-refractivity contribution is -0.0212. The molecule has 0 spiro atoms. The number of aryl methyl sites for hydroxylation is 2. The van der Waals surface area contributed by atoms with Crippen molar-refractivity contribution in [1.29, 1.82) is 0 Å². The number of benzene rings is 1. The first-order chi connectivity index (χ1) is 12.0. The Hall–Kier alpha value is -1.81. The minimum atomic E-state index is 0.367. The predicted molar refractivity (Wildman–Crippen MR) is 105 cm³/mol. The average Bonchev–Trinajstić information content (AvgIpc) is 3.48. The molecule has 3 rings (SSSR count). The molecule has 0 amide bonds. The summed E-state index contributed by atoms with van der Waals surface area (Å²) in [5.74, 6) is 1.51. The van der Waals surface area contributed by atoms with Crippen LogP contribution in [0.4, 0.5) is 5.69 Å². The zero-order valence-electron chi connectivity index (χ0n) is 16.0. The Bertz CT molecular complexity index is 647. The third-order valence-electron chi connectivity index (χ3n) is 5.25. The summed E-state index contributed by atoms with van der Waals surface area (Å²) in [5, 5.41) is 0. The fourth-order valence-electron chi connectivity index (χ4n) is 3.13. The highest BCUT2D eigenvalue weighted by Gasteiger charge is 2.43. The molecule has 0 radical (unpaired) electrons. The van der Waals surface area contributed by atoms with Crippen molar-refractivity contribution in [2.45, 2.75) is 52.6 Å². The molecular formula is C21H31N3O. The van der Waals surface area contributed by atoms with Crippen LogP contribution in [-0.4, -0.2) is 30.9 Å². The smallest absolute Gasteiger partial charge is 0.0910 e. The number of hydrogen-bond donors (Lipinski definition) is 1. The van der Waals surface area contributed by atoms with Gasteiger partial charge in [0.1, 0.15) is 0 Å². The third kappa shape index (κ3) is 4.63. The summed E-state index contributed by atoms with van der Waals surface area (Å²) in [5.41, 5.74) is 8.40. The van der Waals surface area contributed by atoms with Gasteiger partial charge < -0.3 is 4.90 Å². The van der Waals surface area contributed by atoms with E-state index in [9.17, 15) is 0 Å². The maximum Gasteiger partial charge on any atom is 0.0910 e. The first kappa shape index (κ1) is 18.0. The molecule has 1 aromatic rings. The molecular weight excluding hydrogens is 310 g/mol. The second-order valence-electron chi connectivity index (χ2n) is 7.61. The minimum absolute atomic E-state index is 0.367. The Morgan fingerprint density at radius 1 is 1.28 bits per heavy atom. The van der Waals surface area contributed by atoms with E-state index in [1.165, 1.54) is 25.7 Å². The molecule has 0 aromatic heterocycles. The Morgan fingerprint density at radius 3 is 2.48 bits per heavy atom. The zero-order chi connectivity index (χ0) is 18.0. The van der Waals surface area contributed by atoms with Crippen molar-refractivity contribution < 1.29 is 4.84 Å². The monoisotopic (exact) mass is 341 g/mol. The maximum atomic E-state index is 6.04. The van der Waals surface area contributed by atoms with Crippen LogP contribution in [0.5, 0.6) is 0 Å². The van der Waals surface area contributed by atoms with Crippen molar-refractivity contribution in [3.63, 3.8) is 0 Å². The van der Waals surface area contributed by atoms with E-state index < -0.39 is 0 Å². The summed E-state index contributed by atoms with van der Waals surface area (Å²) in [4.78, 5) is 12.7. The molecule has 4 nitrogen and oxygen atoms in total. The molecule has 0 aliphatic heterocycles. The molecule has 0 unspecified atom stereocenters. The molecule has 4 heteroatoms. The van der Waals surface area contributed by atoms with E-state index in [0.717, 1.165) is 46.5 Å². The SMILES string of the molecule is C=C(NOC(C1CC1)C1CC1)c1cc(C)c(N=CN(C)CC)cc1C. The molecule has 136 valence electrons.